The number of hydrogen-bond acceptors (Lipinski definition) is 4. The Morgan fingerprint density at radius 2 is 2.12 bits per heavy atom. The first-order chi connectivity index (χ1) is 11.3. The van der Waals surface area contributed by atoms with Crippen LogP contribution in [0.4, 0.5) is 10.7 Å². The van der Waals surface area contributed by atoms with Gasteiger partial charge in [-0.3, -0.25) is 19.4 Å². The van der Waals surface area contributed by atoms with Crippen molar-refractivity contribution in [1.29, 1.82) is 0 Å². The standard InChI is InChI=1S/C15H20N6O3/c1-5-8(2)21-9(3)6-19-11-12(17-14(19)21)18(4)15(24)20(13(11)23)7-10(16)22/h6,8,11H,5,7H2,1-4H3,(H-,16,22)/p+1. The van der Waals surface area contributed by atoms with Gasteiger partial charge in [-0.15, -0.1) is 0 Å². The minimum Gasteiger partial charge on any atom is -0.368 e. The fourth-order valence-corrected chi connectivity index (χ4v) is 3.23. The van der Waals surface area contributed by atoms with E-state index in [-0.39, 0.29) is 6.04 Å². The Balaban J connectivity index is 2.10. The van der Waals surface area contributed by atoms with Crippen molar-refractivity contribution in [3.8, 4) is 0 Å². The zero-order chi connectivity index (χ0) is 17.8. The maximum atomic E-state index is 12.8. The van der Waals surface area contributed by atoms with E-state index in [1.807, 2.05) is 13.1 Å². The Kier molecular flexibility index (Phi) is 3.66. The number of carbonyl (C=O) groups excluding carboxylic acids is 3. The molecule has 1 aromatic rings. The lowest BCUT2D eigenvalue weighted by Crippen LogP contribution is -2.63. The summed E-state index contributed by atoms with van der Waals surface area (Å²) in [6.07, 6.45) is 2.77. The smallest absolute Gasteiger partial charge is 0.368 e. The van der Waals surface area contributed by atoms with Crippen LogP contribution in [-0.4, -0.2) is 51.6 Å². The summed E-state index contributed by atoms with van der Waals surface area (Å²) in [5.74, 6) is -0.212. The van der Waals surface area contributed by atoms with Crippen LogP contribution in [0.2, 0.25) is 0 Å². The summed E-state index contributed by atoms with van der Waals surface area (Å²) in [6, 6.07) is -1.12. The van der Waals surface area contributed by atoms with Gasteiger partial charge in [0.25, 0.3) is 5.91 Å². The maximum Gasteiger partial charge on any atom is 0.402 e. The van der Waals surface area contributed by atoms with E-state index in [4.69, 9.17) is 5.73 Å². The number of amides is 4. The van der Waals surface area contributed by atoms with E-state index in [9.17, 15) is 14.4 Å². The number of imidazole rings is 1. The van der Waals surface area contributed by atoms with Gasteiger partial charge in [-0.25, -0.2) is 13.9 Å². The first-order valence-electron chi connectivity index (χ1n) is 7.86. The molecule has 3 heterocycles. The molecule has 0 radical (unpaired) electrons. The minimum atomic E-state index is -0.744. The van der Waals surface area contributed by atoms with Crippen LogP contribution < -0.4 is 10.3 Å². The molecule has 0 saturated carbocycles. The molecule has 4 amide bonds. The van der Waals surface area contributed by atoms with Crippen molar-refractivity contribution < 1.29 is 19.0 Å². The molecule has 0 spiro atoms. The molecule has 2 unspecified atom stereocenters. The molecule has 0 aliphatic carbocycles. The lowest BCUT2D eigenvalue weighted by Gasteiger charge is -2.32. The lowest BCUT2D eigenvalue weighted by molar-refractivity contribution is -0.677. The molecular formula is C15H21N6O3+. The van der Waals surface area contributed by atoms with E-state index >= 15 is 0 Å². The van der Waals surface area contributed by atoms with Crippen LogP contribution in [-0.2, 0) is 9.59 Å². The molecule has 3 rings (SSSR count). The van der Waals surface area contributed by atoms with E-state index in [0.29, 0.717) is 11.8 Å². The van der Waals surface area contributed by atoms with Gasteiger partial charge in [0.05, 0.1) is 6.04 Å². The highest BCUT2D eigenvalue weighted by Gasteiger charge is 2.53. The molecule has 1 saturated heterocycles. The first-order valence-corrected chi connectivity index (χ1v) is 7.86. The zero-order valence-electron chi connectivity index (χ0n) is 14.2. The number of carbonyl (C=O) groups is 3. The number of fused-ring (bicyclic) bond motifs is 3. The fourth-order valence-electron chi connectivity index (χ4n) is 3.23. The Bertz CT molecular complexity index is 780. The minimum absolute atomic E-state index is 0.212. The fraction of sp³-hybridized carbons (Fsp3) is 0.533. The lowest BCUT2D eigenvalue weighted by atomic mass is 10.1. The van der Waals surface area contributed by atoms with Gasteiger partial charge < -0.3 is 5.73 Å². The number of amidine groups is 1. The predicted octanol–water partition coefficient (Wildman–Crippen LogP) is 0.0190. The molecule has 24 heavy (non-hydrogen) atoms. The van der Waals surface area contributed by atoms with Crippen molar-refractivity contribution in [1.82, 2.24) is 14.4 Å². The maximum absolute atomic E-state index is 12.8. The number of aliphatic imine (C=N–C) groups is 1. The van der Waals surface area contributed by atoms with Gasteiger partial charge >= 0.3 is 12.0 Å². The van der Waals surface area contributed by atoms with Gasteiger partial charge in [-0.1, -0.05) is 11.9 Å². The molecule has 1 aromatic heterocycles. The summed E-state index contributed by atoms with van der Waals surface area (Å²) in [5, 5.41) is 0. The molecule has 9 heteroatoms. The Hall–Kier alpha value is -2.71. The third kappa shape index (κ3) is 2.11. The molecule has 2 aliphatic heterocycles. The molecule has 9 nitrogen and oxygen atoms in total. The average molecular weight is 333 g/mol. The van der Waals surface area contributed by atoms with E-state index in [0.717, 1.165) is 17.0 Å². The molecule has 2 atom stereocenters. The van der Waals surface area contributed by atoms with Gasteiger partial charge in [0.1, 0.15) is 18.4 Å². The van der Waals surface area contributed by atoms with Gasteiger partial charge in [0.15, 0.2) is 0 Å². The van der Waals surface area contributed by atoms with Crippen molar-refractivity contribution in [2.24, 2.45) is 10.7 Å². The predicted molar refractivity (Wildman–Crippen MR) is 84.6 cm³/mol. The average Bonchev–Trinajstić information content (AvgIpc) is 3.03. The summed E-state index contributed by atoms with van der Waals surface area (Å²) < 4.78 is 3.81. The number of imide groups is 1. The summed E-state index contributed by atoms with van der Waals surface area (Å²) >= 11 is 0. The van der Waals surface area contributed by atoms with E-state index in [2.05, 4.69) is 23.4 Å². The van der Waals surface area contributed by atoms with Crippen LogP contribution in [0.15, 0.2) is 11.2 Å². The number of aromatic nitrogens is 2. The first kappa shape index (κ1) is 16.2. The van der Waals surface area contributed by atoms with Crippen LogP contribution in [0, 0.1) is 6.92 Å². The molecule has 0 bridgehead atoms. The molecule has 128 valence electrons. The SMILES string of the molecule is CCC(C)n1c(C)c[n+]2c1N=C1C2C(=O)N(CC(N)=O)C(=O)N1C. The molecule has 2 N–H and O–H groups in total. The number of aryl methyl sites for hydroxylation is 1. The summed E-state index contributed by atoms with van der Waals surface area (Å²) in [7, 11) is 1.54. The number of rotatable bonds is 4. The van der Waals surface area contributed by atoms with Gasteiger partial charge in [0.2, 0.25) is 17.8 Å². The normalized spacial score (nSPS) is 20.8. The Morgan fingerprint density at radius 3 is 2.71 bits per heavy atom. The number of hydrogen-bond donors (Lipinski definition) is 1. The summed E-state index contributed by atoms with van der Waals surface area (Å²) in [6.45, 7) is 5.67. The third-order valence-corrected chi connectivity index (χ3v) is 4.60. The van der Waals surface area contributed by atoms with Crippen LogP contribution in [0.25, 0.3) is 0 Å². The Morgan fingerprint density at radius 1 is 1.46 bits per heavy atom. The number of primary amides is 1. The van der Waals surface area contributed by atoms with E-state index < -0.39 is 30.4 Å². The van der Waals surface area contributed by atoms with Gasteiger partial charge in [-0.05, 0) is 20.3 Å². The van der Waals surface area contributed by atoms with Crippen molar-refractivity contribution >= 4 is 29.6 Å². The quantitative estimate of drug-likeness (QED) is 0.785. The second-order valence-corrected chi connectivity index (χ2v) is 6.21. The van der Waals surface area contributed by atoms with E-state index in [1.54, 1.807) is 11.6 Å². The van der Waals surface area contributed by atoms with Crippen molar-refractivity contribution in [2.45, 2.75) is 39.3 Å². The second-order valence-electron chi connectivity index (χ2n) is 6.21. The van der Waals surface area contributed by atoms with Crippen molar-refractivity contribution in [3.05, 3.63) is 11.9 Å². The molecular weight excluding hydrogens is 312 g/mol. The van der Waals surface area contributed by atoms with E-state index in [1.165, 1.54) is 4.90 Å². The van der Waals surface area contributed by atoms with Gasteiger partial charge in [0, 0.05) is 7.05 Å². The number of urea groups is 1. The molecule has 2 aliphatic rings. The van der Waals surface area contributed by atoms with Crippen LogP contribution in [0.1, 0.15) is 38.0 Å². The molecule has 0 aromatic carbocycles. The van der Waals surface area contributed by atoms with Crippen LogP contribution >= 0.6 is 0 Å². The zero-order valence-corrected chi connectivity index (χ0v) is 14.2. The number of nitrogens with zero attached hydrogens (tertiary/aromatic N) is 5. The highest BCUT2D eigenvalue weighted by molar-refractivity contribution is 6.19. The van der Waals surface area contributed by atoms with Crippen LogP contribution in [0.5, 0.6) is 0 Å². The van der Waals surface area contributed by atoms with Gasteiger partial charge in [-0.2, -0.15) is 0 Å². The number of nitrogens with two attached hydrogens (primary N) is 1. The highest BCUT2D eigenvalue weighted by Crippen LogP contribution is 2.31. The molecule has 1 fully saturated rings. The number of likely N-dealkylation sites (N-methyl/N-ethyl adjacent to an activating group) is 1. The summed E-state index contributed by atoms with van der Waals surface area (Å²) in [4.78, 5) is 43.1. The Labute approximate surface area is 139 Å². The van der Waals surface area contributed by atoms with Crippen molar-refractivity contribution in [2.75, 3.05) is 13.6 Å². The largest absolute Gasteiger partial charge is 0.402 e. The van der Waals surface area contributed by atoms with Crippen LogP contribution in [0.3, 0.4) is 0 Å². The summed E-state index contributed by atoms with van der Waals surface area (Å²) in [5.41, 5.74) is 6.15. The third-order valence-electron chi connectivity index (χ3n) is 4.60. The highest BCUT2D eigenvalue weighted by atomic mass is 16.2. The monoisotopic (exact) mass is 333 g/mol. The van der Waals surface area contributed by atoms with Crippen molar-refractivity contribution in [3.63, 3.8) is 0 Å². The second kappa shape index (κ2) is 5.43. The topological polar surface area (TPSA) is 105 Å².